The third-order valence-corrected chi connectivity index (χ3v) is 5.41. The summed E-state index contributed by atoms with van der Waals surface area (Å²) in [7, 11) is 0. The van der Waals surface area contributed by atoms with Crippen LogP contribution in [0.4, 0.5) is 10.1 Å². The third kappa shape index (κ3) is 8.52. The van der Waals surface area contributed by atoms with E-state index in [2.05, 4.69) is 5.32 Å². The summed E-state index contributed by atoms with van der Waals surface area (Å²) in [5.74, 6) is -0.775. The van der Waals surface area contributed by atoms with Crippen LogP contribution in [0.25, 0.3) is 0 Å². The van der Waals surface area contributed by atoms with Crippen molar-refractivity contribution < 1.29 is 18.7 Å². The van der Waals surface area contributed by atoms with Gasteiger partial charge in [0, 0.05) is 11.3 Å². The molecule has 0 aliphatic carbocycles. The van der Waals surface area contributed by atoms with Gasteiger partial charge in [-0.15, -0.1) is 11.8 Å². The minimum atomic E-state index is -0.598. The molecular weight excluding hydrogens is 389 g/mol. The molecule has 1 unspecified atom stereocenters. The van der Waals surface area contributed by atoms with E-state index in [0.29, 0.717) is 23.7 Å². The highest BCUT2D eigenvalue weighted by Crippen LogP contribution is 2.36. The second-order valence-electron chi connectivity index (χ2n) is 7.12. The van der Waals surface area contributed by atoms with Gasteiger partial charge in [-0.3, -0.25) is 9.59 Å². The summed E-state index contributed by atoms with van der Waals surface area (Å²) < 4.78 is 19.5. The van der Waals surface area contributed by atoms with Crippen LogP contribution in [0.15, 0.2) is 17.0 Å². The number of amides is 1. The molecule has 0 aliphatic heterocycles. The number of rotatable bonds is 10. The van der Waals surface area contributed by atoms with Crippen LogP contribution in [0.5, 0.6) is 0 Å². The summed E-state index contributed by atoms with van der Waals surface area (Å²) >= 11 is 7.40. The van der Waals surface area contributed by atoms with Crippen LogP contribution in [-0.4, -0.2) is 23.2 Å². The molecule has 1 rings (SSSR count). The molecule has 27 heavy (non-hydrogen) atoms. The molecule has 0 aromatic heterocycles. The number of carbonyl (C=O) groups is 2. The molecule has 0 heterocycles. The molecule has 0 radical (unpaired) electrons. The normalized spacial score (nSPS) is 12.3. The minimum absolute atomic E-state index is 0.0723. The zero-order chi connectivity index (χ0) is 20.6. The van der Waals surface area contributed by atoms with E-state index < -0.39 is 11.1 Å². The number of anilines is 1. The number of nitrogens with one attached hydrogen (secondary N) is 1. The van der Waals surface area contributed by atoms with Crippen molar-refractivity contribution in [2.24, 2.45) is 5.92 Å². The van der Waals surface area contributed by atoms with Gasteiger partial charge < -0.3 is 10.1 Å². The average molecular weight is 418 g/mol. The van der Waals surface area contributed by atoms with Crippen molar-refractivity contribution in [2.45, 2.75) is 76.6 Å². The van der Waals surface area contributed by atoms with Crippen molar-refractivity contribution in [3.05, 3.63) is 23.0 Å². The van der Waals surface area contributed by atoms with E-state index in [1.54, 1.807) is 13.8 Å². The van der Waals surface area contributed by atoms with Crippen molar-refractivity contribution in [1.82, 2.24) is 0 Å². The predicted octanol–water partition coefficient (Wildman–Crippen LogP) is 6.07. The number of hydrogen-bond acceptors (Lipinski definition) is 4. The van der Waals surface area contributed by atoms with Gasteiger partial charge in [-0.1, -0.05) is 38.8 Å². The van der Waals surface area contributed by atoms with E-state index in [0.717, 1.165) is 12.8 Å². The fourth-order valence-corrected chi connectivity index (χ4v) is 3.75. The third-order valence-electron chi connectivity index (χ3n) is 3.68. The fraction of sp³-hybridized carbons (Fsp3) is 0.600. The maximum absolute atomic E-state index is 14.2. The largest absolute Gasteiger partial charge is 0.462 e. The topological polar surface area (TPSA) is 55.4 Å². The zero-order valence-electron chi connectivity index (χ0n) is 16.6. The molecular formula is C20H29ClFNO3S. The Morgan fingerprint density at radius 3 is 2.44 bits per heavy atom. The lowest BCUT2D eigenvalue weighted by atomic mass is 10.1. The Hall–Kier alpha value is -1.27. The van der Waals surface area contributed by atoms with Crippen LogP contribution in [0.1, 0.15) is 60.3 Å². The molecule has 1 N–H and O–H groups in total. The lowest BCUT2D eigenvalue weighted by Gasteiger charge is -2.18. The molecule has 4 nitrogen and oxygen atoms in total. The van der Waals surface area contributed by atoms with E-state index in [1.165, 1.54) is 23.9 Å². The van der Waals surface area contributed by atoms with E-state index in [-0.39, 0.29) is 28.7 Å². The smallest absolute Gasteiger partial charge is 0.319 e. The van der Waals surface area contributed by atoms with Crippen molar-refractivity contribution in [3.8, 4) is 0 Å². The van der Waals surface area contributed by atoms with Gasteiger partial charge in [-0.05, 0) is 44.7 Å². The van der Waals surface area contributed by atoms with Crippen molar-refractivity contribution in [2.75, 3.05) is 5.32 Å². The maximum Gasteiger partial charge on any atom is 0.319 e. The Bertz CT molecular complexity index is 652. The molecule has 0 saturated carbocycles. The quantitative estimate of drug-likeness (QED) is 0.371. The first-order valence-corrected chi connectivity index (χ1v) is 10.6. The number of thioether (sulfide) groups is 1. The molecule has 0 fully saturated rings. The van der Waals surface area contributed by atoms with Crippen molar-refractivity contribution in [1.29, 1.82) is 0 Å². The first kappa shape index (κ1) is 23.8. The second kappa shape index (κ2) is 11.5. The number of esters is 1. The van der Waals surface area contributed by atoms with Gasteiger partial charge in [-0.2, -0.15) is 0 Å². The molecule has 1 aromatic rings. The number of ether oxygens (including phenoxy) is 1. The van der Waals surface area contributed by atoms with Gasteiger partial charge in [0.05, 0.1) is 16.8 Å². The van der Waals surface area contributed by atoms with E-state index in [9.17, 15) is 14.0 Å². The van der Waals surface area contributed by atoms with E-state index >= 15 is 0 Å². The molecule has 1 amide bonds. The monoisotopic (exact) mass is 417 g/mol. The summed E-state index contributed by atoms with van der Waals surface area (Å²) in [6.45, 7) is 9.61. The Kier molecular flexibility index (Phi) is 10.2. The molecule has 0 bridgehead atoms. The fourth-order valence-electron chi connectivity index (χ4n) is 2.30. The molecule has 1 atom stereocenters. The Morgan fingerprint density at radius 2 is 1.89 bits per heavy atom. The highest BCUT2D eigenvalue weighted by atomic mass is 35.5. The number of benzene rings is 1. The van der Waals surface area contributed by atoms with E-state index in [1.807, 2.05) is 20.8 Å². The van der Waals surface area contributed by atoms with Gasteiger partial charge in [0.25, 0.3) is 0 Å². The average Bonchev–Trinajstić information content (AvgIpc) is 2.56. The first-order valence-electron chi connectivity index (χ1n) is 9.30. The minimum Gasteiger partial charge on any atom is -0.462 e. The van der Waals surface area contributed by atoms with Gasteiger partial charge in [0.1, 0.15) is 11.1 Å². The van der Waals surface area contributed by atoms with Gasteiger partial charge in [-0.25, -0.2) is 4.39 Å². The van der Waals surface area contributed by atoms with Crippen LogP contribution in [0, 0.1) is 11.7 Å². The summed E-state index contributed by atoms with van der Waals surface area (Å²) in [6.07, 6.45) is 2.24. The SMILES string of the molecule is CCCC(Sc1cc(NC(=O)CCC(C)C)c(F)cc1Cl)C(=O)OC(C)C. The number of carbonyl (C=O) groups excluding carboxylic acids is 2. The lowest BCUT2D eigenvalue weighted by Crippen LogP contribution is -2.23. The van der Waals surface area contributed by atoms with Gasteiger partial charge >= 0.3 is 5.97 Å². The summed E-state index contributed by atoms with van der Waals surface area (Å²) in [5.41, 5.74) is 0.0723. The Morgan fingerprint density at radius 1 is 1.22 bits per heavy atom. The predicted molar refractivity (Wildman–Crippen MR) is 110 cm³/mol. The molecule has 0 spiro atoms. The molecule has 0 aliphatic rings. The second-order valence-corrected chi connectivity index (χ2v) is 8.78. The Labute approximate surface area is 170 Å². The highest BCUT2D eigenvalue weighted by molar-refractivity contribution is 8.00. The molecule has 1 aromatic carbocycles. The number of halogens is 2. The van der Waals surface area contributed by atoms with Crippen LogP contribution < -0.4 is 5.32 Å². The van der Waals surface area contributed by atoms with Crippen molar-refractivity contribution in [3.63, 3.8) is 0 Å². The number of hydrogen-bond donors (Lipinski definition) is 1. The molecule has 0 saturated heterocycles. The maximum atomic E-state index is 14.2. The standard InChI is InChI=1S/C20H29ClFNO3S/c1-6-7-17(20(25)26-13(4)5)27-18-11-16(15(22)10-14(18)21)23-19(24)9-8-12(2)3/h10-13,17H,6-9H2,1-5H3,(H,23,24). The first-order chi connectivity index (χ1) is 12.6. The summed E-state index contributed by atoms with van der Waals surface area (Å²) in [4.78, 5) is 24.9. The van der Waals surface area contributed by atoms with E-state index in [4.69, 9.17) is 16.3 Å². The highest BCUT2D eigenvalue weighted by Gasteiger charge is 2.23. The van der Waals surface area contributed by atoms with Gasteiger partial charge in [0.15, 0.2) is 0 Å². The van der Waals surface area contributed by atoms with Crippen LogP contribution in [0.2, 0.25) is 5.02 Å². The summed E-state index contributed by atoms with van der Waals surface area (Å²) in [5, 5.41) is 2.36. The van der Waals surface area contributed by atoms with Gasteiger partial charge in [0.2, 0.25) is 5.91 Å². The molecule has 152 valence electrons. The zero-order valence-corrected chi connectivity index (χ0v) is 18.2. The summed E-state index contributed by atoms with van der Waals surface area (Å²) in [6, 6.07) is 2.65. The Balaban J connectivity index is 2.96. The van der Waals surface area contributed by atoms with Crippen LogP contribution in [-0.2, 0) is 14.3 Å². The molecule has 7 heteroatoms. The van der Waals surface area contributed by atoms with Crippen LogP contribution >= 0.6 is 23.4 Å². The van der Waals surface area contributed by atoms with Crippen LogP contribution in [0.3, 0.4) is 0 Å². The lowest BCUT2D eigenvalue weighted by molar-refractivity contribution is -0.146. The van der Waals surface area contributed by atoms with Crippen molar-refractivity contribution >= 4 is 40.9 Å².